The summed E-state index contributed by atoms with van der Waals surface area (Å²) in [5.41, 5.74) is 8.20. The van der Waals surface area contributed by atoms with Crippen LogP contribution in [0.1, 0.15) is 27.2 Å². The van der Waals surface area contributed by atoms with Crippen molar-refractivity contribution in [3.05, 3.63) is 46.0 Å². The van der Waals surface area contributed by atoms with Gasteiger partial charge in [0, 0.05) is 10.9 Å². The number of carbonyl (C=O) groups excluding carboxylic acids is 3. The molecular weight excluding hydrogens is 328 g/mol. The number of hydrogen-bond acceptors (Lipinski definition) is 5. The maximum Gasteiger partial charge on any atom is 0.251 e. The number of primary amides is 1. The molecule has 0 radical (unpaired) electrons. The Labute approximate surface area is 143 Å². The molecule has 0 atom stereocenters. The molecule has 0 bridgehead atoms. The second-order valence-corrected chi connectivity index (χ2v) is 6.18. The van der Waals surface area contributed by atoms with Gasteiger partial charge in [-0.05, 0) is 37.1 Å². The third-order valence-electron chi connectivity index (χ3n) is 3.33. The third-order valence-corrected chi connectivity index (χ3v) is 4.14. The van der Waals surface area contributed by atoms with Gasteiger partial charge in [-0.25, -0.2) is 4.98 Å². The second kappa shape index (κ2) is 7.69. The van der Waals surface area contributed by atoms with Crippen molar-refractivity contribution in [3.63, 3.8) is 0 Å². The number of rotatable bonds is 6. The van der Waals surface area contributed by atoms with Crippen LogP contribution in [0.3, 0.4) is 0 Å². The van der Waals surface area contributed by atoms with Crippen molar-refractivity contribution in [1.82, 2.24) is 10.3 Å². The number of aromatic nitrogens is 1. The van der Waals surface area contributed by atoms with Crippen molar-refractivity contribution in [2.75, 3.05) is 11.9 Å². The Balaban J connectivity index is 1.86. The number of nitrogens with one attached hydrogen (secondary N) is 2. The fourth-order valence-electron chi connectivity index (χ4n) is 1.93. The molecule has 0 aliphatic rings. The minimum absolute atomic E-state index is 0.0237. The van der Waals surface area contributed by atoms with E-state index >= 15 is 0 Å². The number of carbonyl (C=O) groups is 3. The average molecular weight is 346 g/mol. The minimum Gasteiger partial charge on any atom is -0.369 e. The molecule has 7 nitrogen and oxygen atoms in total. The first-order valence-corrected chi connectivity index (χ1v) is 8.11. The Morgan fingerprint density at radius 3 is 2.62 bits per heavy atom. The Kier molecular flexibility index (Phi) is 5.64. The van der Waals surface area contributed by atoms with E-state index in [9.17, 15) is 14.4 Å². The lowest BCUT2D eigenvalue weighted by molar-refractivity contribution is -0.117. The van der Waals surface area contributed by atoms with Gasteiger partial charge in [0.1, 0.15) is 0 Å². The normalized spacial score (nSPS) is 10.2. The first-order chi connectivity index (χ1) is 11.3. The molecule has 0 spiro atoms. The molecule has 0 saturated carbocycles. The molecule has 1 heterocycles. The molecule has 8 heteroatoms. The summed E-state index contributed by atoms with van der Waals surface area (Å²) in [6.45, 7) is 3.71. The van der Waals surface area contributed by atoms with Gasteiger partial charge in [-0.3, -0.25) is 14.4 Å². The summed E-state index contributed by atoms with van der Waals surface area (Å²) in [5.74, 6) is -1.20. The maximum absolute atomic E-state index is 12.0. The predicted molar refractivity (Wildman–Crippen MR) is 91.9 cm³/mol. The summed E-state index contributed by atoms with van der Waals surface area (Å²) in [6, 6.07) is 5.35. The van der Waals surface area contributed by atoms with Gasteiger partial charge in [-0.15, -0.1) is 11.3 Å². The van der Waals surface area contributed by atoms with Crippen molar-refractivity contribution in [2.45, 2.75) is 20.3 Å². The van der Waals surface area contributed by atoms with Crippen LogP contribution in [0.25, 0.3) is 0 Å². The lowest BCUT2D eigenvalue weighted by Gasteiger charge is -2.07. The summed E-state index contributed by atoms with van der Waals surface area (Å²) in [6.07, 6.45) is 0.0237. The number of aryl methyl sites for hydroxylation is 2. The number of nitrogens with zero attached hydrogens (tertiary/aromatic N) is 1. The summed E-state index contributed by atoms with van der Waals surface area (Å²) >= 11 is 1.19. The zero-order valence-electron chi connectivity index (χ0n) is 13.4. The Morgan fingerprint density at radius 1 is 1.21 bits per heavy atom. The Morgan fingerprint density at radius 2 is 1.96 bits per heavy atom. The molecule has 4 N–H and O–H groups in total. The highest BCUT2D eigenvalue weighted by molar-refractivity contribution is 7.13. The highest BCUT2D eigenvalue weighted by Crippen LogP contribution is 2.15. The first-order valence-electron chi connectivity index (χ1n) is 7.23. The number of anilines is 1. The van der Waals surface area contributed by atoms with E-state index in [1.54, 1.807) is 17.5 Å². The average Bonchev–Trinajstić information content (AvgIpc) is 2.93. The smallest absolute Gasteiger partial charge is 0.251 e. The van der Waals surface area contributed by atoms with E-state index in [0.29, 0.717) is 16.4 Å². The van der Waals surface area contributed by atoms with E-state index in [0.717, 1.165) is 11.1 Å². The third kappa shape index (κ3) is 4.88. The molecular formula is C16H18N4O3S. The van der Waals surface area contributed by atoms with Gasteiger partial charge in [-0.2, -0.15) is 0 Å². The zero-order valence-corrected chi connectivity index (χ0v) is 14.2. The first kappa shape index (κ1) is 17.6. The van der Waals surface area contributed by atoms with Gasteiger partial charge >= 0.3 is 0 Å². The van der Waals surface area contributed by atoms with Gasteiger partial charge < -0.3 is 16.4 Å². The van der Waals surface area contributed by atoms with E-state index in [1.807, 2.05) is 19.9 Å². The van der Waals surface area contributed by atoms with Crippen LogP contribution in [-0.2, 0) is 16.0 Å². The maximum atomic E-state index is 12.0. The topological polar surface area (TPSA) is 114 Å². The van der Waals surface area contributed by atoms with E-state index in [4.69, 9.17) is 5.73 Å². The fourth-order valence-corrected chi connectivity index (χ4v) is 2.66. The summed E-state index contributed by atoms with van der Waals surface area (Å²) in [7, 11) is 0. The van der Waals surface area contributed by atoms with E-state index in [-0.39, 0.29) is 18.9 Å². The SMILES string of the molecule is Cc1ccc(C(=O)NCC(=O)Nc2nc(CC(N)=O)cs2)cc1C. The van der Waals surface area contributed by atoms with Gasteiger partial charge in [0.05, 0.1) is 18.7 Å². The lowest BCUT2D eigenvalue weighted by Crippen LogP contribution is -2.32. The van der Waals surface area contributed by atoms with Gasteiger partial charge in [-0.1, -0.05) is 6.07 Å². The van der Waals surface area contributed by atoms with Crippen LogP contribution in [0.15, 0.2) is 23.6 Å². The highest BCUT2D eigenvalue weighted by atomic mass is 32.1. The fraction of sp³-hybridized carbons (Fsp3) is 0.250. The van der Waals surface area contributed by atoms with Gasteiger partial charge in [0.2, 0.25) is 11.8 Å². The molecule has 1 aromatic carbocycles. The van der Waals surface area contributed by atoms with Gasteiger partial charge in [0.15, 0.2) is 5.13 Å². The molecule has 0 saturated heterocycles. The van der Waals surface area contributed by atoms with Gasteiger partial charge in [0.25, 0.3) is 5.91 Å². The lowest BCUT2D eigenvalue weighted by atomic mass is 10.1. The number of amides is 3. The summed E-state index contributed by atoms with van der Waals surface area (Å²) in [4.78, 5) is 38.8. The zero-order chi connectivity index (χ0) is 17.7. The molecule has 0 unspecified atom stereocenters. The van der Waals surface area contributed by atoms with Crippen LogP contribution in [0.4, 0.5) is 5.13 Å². The number of thiazole rings is 1. The highest BCUT2D eigenvalue weighted by Gasteiger charge is 2.11. The monoisotopic (exact) mass is 346 g/mol. The molecule has 24 heavy (non-hydrogen) atoms. The minimum atomic E-state index is -0.487. The number of nitrogens with two attached hydrogens (primary N) is 1. The van der Waals surface area contributed by atoms with Crippen LogP contribution >= 0.6 is 11.3 Å². The van der Waals surface area contributed by atoms with Crippen molar-refractivity contribution < 1.29 is 14.4 Å². The number of benzene rings is 1. The summed E-state index contributed by atoms with van der Waals surface area (Å²) < 4.78 is 0. The molecule has 3 amide bonds. The van der Waals surface area contributed by atoms with Crippen LogP contribution in [0.5, 0.6) is 0 Å². The predicted octanol–water partition coefficient (Wildman–Crippen LogP) is 1.16. The molecule has 0 aliphatic heterocycles. The van der Waals surface area contributed by atoms with Crippen LogP contribution in [-0.4, -0.2) is 29.3 Å². The summed E-state index contributed by atoms with van der Waals surface area (Å²) in [5, 5.41) is 7.13. The van der Waals surface area contributed by atoms with Crippen LogP contribution in [0.2, 0.25) is 0 Å². The molecule has 126 valence electrons. The second-order valence-electron chi connectivity index (χ2n) is 5.32. The van der Waals surface area contributed by atoms with Crippen molar-refractivity contribution >= 4 is 34.2 Å². The standard InChI is InChI=1S/C16H18N4O3S/c1-9-3-4-11(5-10(9)2)15(23)18-7-14(22)20-16-19-12(8-24-16)6-13(17)21/h3-5,8H,6-7H2,1-2H3,(H2,17,21)(H,18,23)(H,19,20,22). The van der Waals surface area contributed by atoms with E-state index in [2.05, 4.69) is 15.6 Å². The Hall–Kier alpha value is -2.74. The molecule has 0 fully saturated rings. The van der Waals surface area contributed by atoms with Crippen LogP contribution < -0.4 is 16.4 Å². The van der Waals surface area contributed by atoms with E-state index in [1.165, 1.54) is 11.3 Å². The van der Waals surface area contributed by atoms with E-state index < -0.39 is 11.8 Å². The molecule has 0 aliphatic carbocycles. The Bertz CT molecular complexity index is 785. The number of hydrogen-bond donors (Lipinski definition) is 3. The van der Waals surface area contributed by atoms with Crippen LogP contribution in [0, 0.1) is 13.8 Å². The molecule has 2 aromatic rings. The quantitative estimate of drug-likeness (QED) is 0.728. The molecule has 2 rings (SSSR count). The largest absolute Gasteiger partial charge is 0.369 e. The van der Waals surface area contributed by atoms with Crippen molar-refractivity contribution in [2.24, 2.45) is 5.73 Å². The van der Waals surface area contributed by atoms with Crippen molar-refractivity contribution in [3.8, 4) is 0 Å². The molecule has 1 aromatic heterocycles. The van der Waals surface area contributed by atoms with Crippen molar-refractivity contribution in [1.29, 1.82) is 0 Å².